The maximum absolute atomic E-state index is 5.66. The lowest BCUT2D eigenvalue weighted by Gasteiger charge is -1.98. The average Bonchev–Trinajstić information content (AvgIpc) is 2.72. The average molecular weight is 227 g/mol. The number of nitrogen functional groups attached to an aromatic ring is 1. The van der Waals surface area contributed by atoms with Crippen molar-refractivity contribution < 1.29 is 0 Å². The van der Waals surface area contributed by atoms with Gasteiger partial charge in [0.25, 0.3) is 0 Å². The second-order valence-electron chi connectivity index (χ2n) is 3.45. The molecule has 3 aromatic rings. The molecule has 0 aliphatic heterocycles. The van der Waals surface area contributed by atoms with Crippen molar-refractivity contribution >= 4 is 27.2 Å². The van der Waals surface area contributed by atoms with Crippen molar-refractivity contribution in [2.45, 2.75) is 0 Å². The van der Waals surface area contributed by atoms with Gasteiger partial charge in [-0.3, -0.25) is 0 Å². The van der Waals surface area contributed by atoms with Crippen LogP contribution in [-0.4, -0.2) is 9.97 Å². The van der Waals surface area contributed by atoms with Gasteiger partial charge in [0.2, 0.25) is 0 Å². The van der Waals surface area contributed by atoms with Crippen LogP contribution in [0.3, 0.4) is 0 Å². The van der Waals surface area contributed by atoms with Crippen molar-refractivity contribution in [3.63, 3.8) is 0 Å². The molecule has 3 nitrogen and oxygen atoms in total. The summed E-state index contributed by atoms with van der Waals surface area (Å²) in [6.45, 7) is 0. The zero-order valence-corrected chi connectivity index (χ0v) is 9.24. The monoisotopic (exact) mass is 227 g/mol. The van der Waals surface area contributed by atoms with Gasteiger partial charge in [-0.25, -0.2) is 9.97 Å². The maximum Gasteiger partial charge on any atom is 0.162 e. The van der Waals surface area contributed by atoms with Gasteiger partial charge in [0.15, 0.2) is 5.82 Å². The number of nitrogens with two attached hydrogens (primary N) is 1. The lowest BCUT2D eigenvalue weighted by molar-refractivity contribution is 1.19. The summed E-state index contributed by atoms with van der Waals surface area (Å²) in [6, 6.07) is 9.91. The molecule has 78 valence electrons. The minimum Gasteiger partial charge on any atom is -0.384 e. The van der Waals surface area contributed by atoms with Crippen LogP contribution in [0.4, 0.5) is 5.82 Å². The van der Waals surface area contributed by atoms with Crippen LogP contribution < -0.4 is 5.73 Å². The summed E-state index contributed by atoms with van der Waals surface area (Å²) < 4.78 is 1.24. The molecule has 0 bridgehead atoms. The Morgan fingerprint density at radius 3 is 2.88 bits per heavy atom. The number of fused-ring (bicyclic) bond motifs is 1. The summed E-state index contributed by atoms with van der Waals surface area (Å²) in [5.74, 6) is 1.19. The number of aromatic nitrogens is 2. The minimum absolute atomic E-state index is 0.500. The number of hydrogen-bond acceptors (Lipinski definition) is 4. The van der Waals surface area contributed by atoms with E-state index in [2.05, 4.69) is 27.5 Å². The summed E-state index contributed by atoms with van der Waals surface area (Å²) in [6.07, 6.45) is 1.68. The summed E-state index contributed by atoms with van der Waals surface area (Å²) in [4.78, 5) is 8.49. The van der Waals surface area contributed by atoms with E-state index in [1.54, 1.807) is 23.6 Å². The van der Waals surface area contributed by atoms with Crippen LogP contribution in [-0.2, 0) is 0 Å². The Morgan fingerprint density at radius 2 is 2.00 bits per heavy atom. The molecule has 1 aromatic carbocycles. The lowest BCUT2D eigenvalue weighted by Crippen LogP contribution is -1.93. The van der Waals surface area contributed by atoms with Crippen molar-refractivity contribution in [2.24, 2.45) is 0 Å². The summed E-state index contributed by atoms with van der Waals surface area (Å²) in [5.41, 5.74) is 6.71. The molecule has 0 radical (unpaired) electrons. The maximum atomic E-state index is 5.66. The highest BCUT2D eigenvalue weighted by Gasteiger charge is 2.08. The van der Waals surface area contributed by atoms with Gasteiger partial charge in [-0.05, 0) is 12.1 Å². The van der Waals surface area contributed by atoms with Crippen molar-refractivity contribution in [1.29, 1.82) is 0 Å². The van der Waals surface area contributed by atoms with Gasteiger partial charge in [-0.2, -0.15) is 0 Å². The molecule has 0 aliphatic rings. The highest BCUT2D eigenvalue weighted by atomic mass is 32.1. The Labute approximate surface area is 96.6 Å². The number of nitrogens with zero attached hydrogens (tertiary/aromatic N) is 2. The first-order valence-corrected chi connectivity index (χ1v) is 5.78. The number of hydrogen-bond donors (Lipinski definition) is 1. The Morgan fingerprint density at radius 1 is 1.12 bits per heavy atom. The van der Waals surface area contributed by atoms with E-state index >= 15 is 0 Å². The third kappa shape index (κ3) is 1.44. The van der Waals surface area contributed by atoms with Crippen molar-refractivity contribution in [2.75, 3.05) is 5.73 Å². The van der Waals surface area contributed by atoms with E-state index in [4.69, 9.17) is 5.73 Å². The van der Waals surface area contributed by atoms with Crippen LogP contribution in [0, 0.1) is 0 Å². The van der Waals surface area contributed by atoms with Gasteiger partial charge in [0, 0.05) is 27.2 Å². The van der Waals surface area contributed by atoms with Crippen molar-refractivity contribution in [1.82, 2.24) is 9.97 Å². The van der Waals surface area contributed by atoms with Crippen LogP contribution in [0.1, 0.15) is 0 Å². The molecule has 0 saturated heterocycles. The molecule has 2 aromatic heterocycles. The van der Waals surface area contributed by atoms with E-state index in [1.807, 2.05) is 12.1 Å². The summed E-state index contributed by atoms with van der Waals surface area (Å²) in [7, 11) is 0. The van der Waals surface area contributed by atoms with E-state index in [0.29, 0.717) is 11.6 Å². The molecule has 0 saturated carbocycles. The first kappa shape index (κ1) is 9.30. The molecule has 2 heterocycles. The fraction of sp³-hybridized carbons (Fsp3) is 0. The first-order chi connectivity index (χ1) is 7.84. The van der Waals surface area contributed by atoms with Gasteiger partial charge >= 0.3 is 0 Å². The second-order valence-corrected chi connectivity index (χ2v) is 4.36. The van der Waals surface area contributed by atoms with E-state index in [9.17, 15) is 0 Å². The predicted molar refractivity (Wildman–Crippen MR) is 67.3 cm³/mol. The molecule has 0 atom stereocenters. The Kier molecular flexibility index (Phi) is 2.08. The number of benzene rings is 1. The van der Waals surface area contributed by atoms with Gasteiger partial charge in [-0.1, -0.05) is 18.2 Å². The van der Waals surface area contributed by atoms with Gasteiger partial charge in [0.1, 0.15) is 5.82 Å². The normalized spacial score (nSPS) is 10.8. The van der Waals surface area contributed by atoms with Gasteiger partial charge in [-0.15, -0.1) is 11.3 Å². The first-order valence-electron chi connectivity index (χ1n) is 4.90. The zero-order chi connectivity index (χ0) is 11.0. The van der Waals surface area contributed by atoms with E-state index in [0.717, 1.165) is 5.56 Å². The highest BCUT2D eigenvalue weighted by Crippen LogP contribution is 2.31. The molecule has 0 unspecified atom stereocenters. The van der Waals surface area contributed by atoms with Crippen molar-refractivity contribution in [3.05, 3.63) is 41.9 Å². The molecule has 0 amide bonds. The zero-order valence-electron chi connectivity index (χ0n) is 8.42. The largest absolute Gasteiger partial charge is 0.384 e. The van der Waals surface area contributed by atoms with Crippen LogP contribution in [0.5, 0.6) is 0 Å². The number of anilines is 1. The predicted octanol–water partition coefficient (Wildman–Crippen LogP) is 2.94. The molecule has 16 heavy (non-hydrogen) atoms. The van der Waals surface area contributed by atoms with Crippen LogP contribution in [0.2, 0.25) is 0 Å². The Balaban J connectivity index is 2.26. The molecule has 0 fully saturated rings. The summed E-state index contributed by atoms with van der Waals surface area (Å²) in [5, 5.41) is 3.25. The Hall–Kier alpha value is -1.94. The Bertz CT molecular complexity index is 645. The van der Waals surface area contributed by atoms with Gasteiger partial charge < -0.3 is 5.73 Å². The van der Waals surface area contributed by atoms with Crippen LogP contribution in [0.15, 0.2) is 41.9 Å². The molecular weight excluding hydrogens is 218 g/mol. The van der Waals surface area contributed by atoms with E-state index in [1.165, 1.54) is 10.1 Å². The third-order valence-electron chi connectivity index (χ3n) is 2.40. The van der Waals surface area contributed by atoms with Crippen molar-refractivity contribution in [3.8, 4) is 11.4 Å². The highest BCUT2D eigenvalue weighted by molar-refractivity contribution is 7.17. The van der Waals surface area contributed by atoms with E-state index in [-0.39, 0.29) is 0 Å². The lowest BCUT2D eigenvalue weighted by atomic mass is 10.1. The fourth-order valence-corrected chi connectivity index (χ4v) is 2.59. The molecule has 3 rings (SSSR count). The minimum atomic E-state index is 0.500. The summed E-state index contributed by atoms with van der Waals surface area (Å²) >= 11 is 1.69. The van der Waals surface area contributed by atoms with Crippen LogP contribution >= 0.6 is 11.3 Å². The second kappa shape index (κ2) is 3.57. The molecule has 4 heteroatoms. The van der Waals surface area contributed by atoms with Gasteiger partial charge in [0.05, 0.1) is 0 Å². The third-order valence-corrected chi connectivity index (χ3v) is 3.36. The molecule has 0 aliphatic carbocycles. The topological polar surface area (TPSA) is 51.8 Å². The van der Waals surface area contributed by atoms with E-state index < -0.39 is 0 Å². The smallest absolute Gasteiger partial charge is 0.162 e. The number of thiophene rings is 1. The fourth-order valence-electron chi connectivity index (χ4n) is 1.65. The van der Waals surface area contributed by atoms with Crippen LogP contribution in [0.25, 0.3) is 21.5 Å². The quantitative estimate of drug-likeness (QED) is 0.695. The molecule has 2 N–H and O–H groups in total. The molecular formula is C12H9N3S. The molecule has 0 spiro atoms. The standard InChI is InChI=1S/C12H9N3S/c13-11-5-6-14-12(15-11)9-7-16-10-4-2-1-3-8(9)10/h1-7H,(H2,13,14,15). The SMILES string of the molecule is Nc1ccnc(-c2csc3ccccc23)n1. The number of rotatable bonds is 1.